The minimum absolute atomic E-state index is 0. The highest BCUT2D eigenvalue weighted by Crippen LogP contribution is 2.03. The summed E-state index contributed by atoms with van der Waals surface area (Å²) in [6.45, 7) is 6.79. The molecule has 1 heterocycles. The molecule has 1 aromatic heterocycles. The molecule has 0 aliphatic heterocycles. The lowest BCUT2D eigenvalue weighted by atomic mass is 10.2. The van der Waals surface area contributed by atoms with Crippen LogP contribution in [0.3, 0.4) is 0 Å². The Labute approximate surface area is 132 Å². The fourth-order valence-corrected chi connectivity index (χ4v) is 1.43. The summed E-state index contributed by atoms with van der Waals surface area (Å²) in [5.74, 6) is 0.455. The van der Waals surface area contributed by atoms with Crippen molar-refractivity contribution in [2.45, 2.75) is 26.8 Å². The Bertz CT molecular complexity index is 385. The topological polar surface area (TPSA) is 72.5 Å². The third-order valence-electron chi connectivity index (χ3n) is 2.49. The van der Waals surface area contributed by atoms with E-state index in [1.54, 1.807) is 6.20 Å². The summed E-state index contributed by atoms with van der Waals surface area (Å²) < 4.78 is 5.23. The number of nitrogens with two attached hydrogens (primary N) is 1. The summed E-state index contributed by atoms with van der Waals surface area (Å²) in [4.78, 5) is 8.51. The van der Waals surface area contributed by atoms with Gasteiger partial charge in [-0.3, -0.25) is 4.98 Å². The Kier molecular flexibility index (Phi) is 10.5. The van der Waals surface area contributed by atoms with E-state index in [9.17, 15) is 0 Å². The molecule has 0 amide bonds. The van der Waals surface area contributed by atoms with Gasteiger partial charge in [-0.05, 0) is 31.9 Å². The molecule has 0 unspecified atom stereocenters. The highest BCUT2D eigenvalue weighted by molar-refractivity contribution is 14.0. The lowest BCUT2D eigenvalue weighted by molar-refractivity contribution is 0.145. The molecule has 5 nitrogen and oxygen atoms in total. The van der Waals surface area contributed by atoms with Gasteiger partial charge in [-0.25, -0.2) is 4.99 Å². The minimum atomic E-state index is 0. The molecule has 0 saturated heterocycles. The zero-order valence-electron chi connectivity index (χ0n) is 11.6. The molecule has 0 aromatic carbocycles. The second-order valence-electron chi connectivity index (χ2n) is 3.95. The van der Waals surface area contributed by atoms with Gasteiger partial charge in [0.25, 0.3) is 0 Å². The quantitative estimate of drug-likeness (QED) is 0.329. The van der Waals surface area contributed by atoms with Gasteiger partial charge < -0.3 is 15.8 Å². The molecule has 1 rings (SSSR count). The standard InChI is InChI=1S/C13H22N4O.HI/c1-3-18-9-5-8-16-13(14)17-10-12-11(2)6-4-7-15-12;/h4,6-7H,3,5,8-10H2,1-2H3,(H3,14,16,17);1H. The van der Waals surface area contributed by atoms with Crippen LogP contribution < -0.4 is 11.1 Å². The molecule has 0 aliphatic rings. The first-order valence-electron chi connectivity index (χ1n) is 6.26. The first-order valence-corrected chi connectivity index (χ1v) is 6.26. The monoisotopic (exact) mass is 378 g/mol. The lowest BCUT2D eigenvalue weighted by Crippen LogP contribution is -2.32. The number of rotatable bonds is 7. The SMILES string of the molecule is CCOCCCNC(N)=NCc1ncccc1C.I. The summed E-state index contributed by atoms with van der Waals surface area (Å²) >= 11 is 0. The van der Waals surface area contributed by atoms with Crippen molar-refractivity contribution in [3.8, 4) is 0 Å². The van der Waals surface area contributed by atoms with Crippen molar-refractivity contribution in [1.82, 2.24) is 10.3 Å². The molecule has 19 heavy (non-hydrogen) atoms. The molecule has 0 radical (unpaired) electrons. The van der Waals surface area contributed by atoms with E-state index in [4.69, 9.17) is 10.5 Å². The van der Waals surface area contributed by atoms with Gasteiger partial charge in [0.2, 0.25) is 0 Å². The van der Waals surface area contributed by atoms with Gasteiger partial charge >= 0.3 is 0 Å². The molecule has 0 fully saturated rings. The summed E-state index contributed by atoms with van der Waals surface area (Å²) in [6, 6.07) is 3.93. The summed E-state index contributed by atoms with van der Waals surface area (Å²) in [5.41, 5.74) is 7.84. The van der Waals surface area contributed by atoms with Gasteiger partial charge in [0, 0.05) is 26.0 Å². The van der Waals surface area contributed by atoms with Crippen LogP contribution in [-0.4, -0.2) is 30.7 Å². The molecule has 108 valence electrons. The van der Waals surface area contributed by atoms with Crippen LogP contribution >= 0.6 is 24.0 Å². The number of guanidine groups is 1. The van der Waals surface area contributed by atoms with Crippen molar-refractivity contribution in [2.24, 2.45) is 10.7 Å². The minimum Gasteiger partial charge on any atom is -0.382 e. The van der Waals surface area contributed by atoms with Gasteiger partial charge in [-0.1, -0.05) is 6.07 Å². The van der Waals surface area contributed by atoms with Crippen LogP contribution in [0.15, 0.2) is 23.3 Å². The first-order chi connectivity index (χ1) is 8.74. The van der Waals surface area contributed by atoms with Crippen LogP contribution in [0.1, 0.15) is 24.6 Å². The summed E-state index contributed by atoms with van der Waals surface area (Å²) in [6.07, 6.45) is 2.69. The summed E-state index contributed by atoms with van der Waals surface area (Å²) in [7, 11) is 0. The molecule has 0 bridgehead atoms. The Hall–Kier alpha value is -0.890. The van der Waals surface area contributed by atoms with Crippen LogP contribution in [0, 0.1) is 6.92 Å². The van der Waals surface area contributed by atoms with Gasteiger partial charge in [0.15, 0.2) is 5.96 Å². The van der Waals surface area contributed by atoms with Crippen molar-refractivity contribution in [3.63, 3.8) is 0 Å². The van der Waals surface area contributed by atoms with E-state index in [-0.39, 0.29) is 24.0 Å². The Morgan fingerprint density at radius 3 is 3.00 bits per heavy atom. The fourth-order valence-electron chi connectivity index (χ4n) is 1.43. The molecule has 0 spiro atoms. The maximum Gasteiger partial charge on any atom is 0.188 e. The number of aromatic nitrogens is 1. The number of aliphatic imine (C=N–C) groups is 1. The second kappa shape index (κ2) is 11.0. The number of halogens is 1. The number of hydrogen-bond donors (Lipinski definition) is 2. The number of pyridine rings is 1. The normalized spacial score (nSPS) is 10.9. The van der Waals surface area contributed by atoms with Crippen molar-refractivity contribution in [1.29, 1.82) is 0 Å². The fraction of sp³-hybridized carbons (Fsp3) is 0.538. The maximum atomic E-state index is 5.76. The van der Waals surface area contributed by atoms with E-state index < -0.39 is 0 Å². The van der Waals surface area contributed by atoms with E-state index in [1.807, 2.05) is 26.0 Å². The molecule has 3 N–H and O–H groups in total. The number of nitrogens with zero attached hydrogens (tertiary/aromatic N) is 2. The van der Waals surface area contributed by atoms with Gasteiger partial charge in [-0.15, -0.1) is 24.0 Å². The van der Waals surface area contributed by atoms with E-state index in [0.29, 0.717) is 12.5 Å². The largest absolute Gasteiger partial charge is 0.382 e. The third-order valence-corrected chi connectivity index (χ3v) is 2.49. The average Bonchev–Trinajstić information content (AvgIpc) is 2.37. The molecular weight excluding hydrogens is 355 g/mol. The van der Waals surface area contributed by atoms with Crippen LogP contribution in [-0.2, 0) is 11.3 Å². The molecule has 0 aliphatic carbocycles. The highest BCUT2D eigenvalue weighted by atomic mass is 127. The maximum absolute atomic E-state index is 5.76. The van der Waals surface area contributed by atoms with Crippen molar-refractivity contribution in [3.05, 3.63) is 29.6 Å². The van der Waals surface area contributed by atoms with Gasteiger partial charge in [-0.2, -0.15) is 0 Å². The van der Waals surface area contributed by atoms with Crippen LogP contribution in [0.25, 0.3) is 0 Å². The number of aryl methyl sites for hydroxylation is 1. The third kappa shape index (κ3) is 7.99. The molecule has 0 atom stereocenters. The lowest BCUT2D eigenvalue weighted by Gasteiger charge is -2.06. The molecule has 0 saturated carbocycles. The van der Waals surface area contributed by atoms with Gasteiger partial charge in [0.1, 0.15) is 0 Å². The Balaban J connectivity index is 0.00000324. The zero-order chi connectivity index (χ0) is 13.2. The molecule has 6 heteroatoms. The van der Waals surface area contributed by atoms with Gasteiger partial charge in [0.05, 0.1) is 12.2 Å². The van der Waals surface area contributed by atoms with E-state index in [0.717, 1.165) is 37.4 Å². The Morgan fingerprint density at radius 2 is 2.32 bits per heavy atom. The van der Waals surface area contributed by atoms with Crippen LogP contribution in [0.5, 0.6) is 0 Å². The van der Waals surface area contributed by atoms with Crippen molar-refractivity contribution in [2.75, 3.05) is 19.8 Å². The molecule has 1 aromatic rings. The first kappa shape index (κ1) is 18.1. The highest BCUT2D eigenvalue weighted by Gasteiger charge is 1.97. The van der Waals surface area contributed by atoms with Crippen molar-refractivity contribution >= 4 is 29.9 Å². The van der Waals surface area contributed by atoms with E-state index in [1.165, 1.54) is 0 Å². The van der Waals surface area contributed by atoms with Crippen LogP contribution in [0.4, 0.5) is 0 Å². The zero-order valence-corrected chi connectivity index (χ0v) is 13.9. The van der Waals surface area contributed by atoms with Crippen molar-refractivity contribution < 1.29 is 4.74 Å². The second-order valence-corrected chi connectivity index (χ2v) is 3.95. The summed E-state index contributed by atoms with van der Waals surface area (Å²) in [5, 5.41) is 3.05. The predicted molar refractivity (Wildman–Crippen MR) is 88.8 cm³/mol. The predicted octanol–water partition coefficient (Wildman–Crippen LogP) is 1.84. The van der Waals surface area contributed by atoms with E-state index >= 15 is 0 Å². The average molecular weight is 378 g/mol. The smallest absolute Gasteiger partial charge is 0.188 e. The number of hydrogen-bond acceptors (Lipinski definition) is 3. The van der Waals surface area contributed by atoms with Crippen LogP contribution in [0.2, 0.25) is 0 Å². The van der Waals surface area contributed by atoms with E-state index in [2.05, 4.69) is 15.3 Å². The Morgan fingerprint density at radius 1 is 1.53 bits per heavy atom. The molecular formula is C13H23IN4O. The number of nitrogens with one attached hydrogen (secondary N) is 1. The number of ether oxygens (including phenoxy) is 1.